The Labute approximate surface area is 55.1 Å². The van der Waals surface area contributed by atoms with Crippen LogP contribution in [0, 0.1) is 0 Å². The summed E-state index contributed by atoms with van der Waals surface area (Å²) >= 11 is 3.96. The molecule has 5 heteroatoms. The molecule has 0 atom stereocenters. The summed E-state index contributed by atoms with van der Waals surface area (Å²) in [6, 6.07) is 0. The Morgan fingerprint density at radius 1 is 1.00 bits per heavy atom. The summed E-state index contributed by atoms with van der Waals surface area (Å²) in [6.07, 6.45) is 0. The Bertz CT molecular complexity index is 57.3. The minimum absolute atomic E-state index is 1.49. The van der Waals surface area contributed by atoms with Crippen molar-refractivity contribution in [3.05, 3.63) is 0 Å². The van der Waals surface area contributed by atoms with Gasteiger partial charge in [-0.15, -0.1) is 0 Å². The zero-order chi connectivity index (χ0) is 6.62. The van der Waals surface area contributed by atoms with E-state index >= 15 is 0 Å². The molecule has 0 saturated heterocycles. The fourth-order valence-electron chi connectivity index (χ4n) is 0.224. The highest BCUT2D eigenvalue weighted by Crippen LogP contribution is 2.64. The Balaban J connectivity index is 3.58. The van der Waals surface area contributed by atoms with Crippen LogP contribution in [0.3, 0.4) is 0 Å². The molecule has 0 bridgehead atoms. The van der Waals surface area contributed by atoms with Gasteiger partial charge in [0.05, 0.1) is 33.6 Å². The van der Waals surface area contributed by atoms with Gasteiger partial charge in [-0.3, -0.25) is 0 Å². The van der Waals surface area contributed by atoms with Gasteiger partial charge in [-0.25, -0.2) is 0 Å². The van der Waals surface area contributed by atoms with Gasteiger partial charge in [0.15, 0.2) is 0 Å². The summed E-state index contributed by atoms with van der Waals surface area (Å²) in [5.41, 5.74) is 0. The molecular weight excluding hydrogens is 147 g/mol. The fourth-order valence-corrected chi connectivity index (χ4v) is 0.671. The lowest BCUT2D eigenvalue weighted by Crippen LogP contribution is -1.91. The van der Waals surface area contributed by atoms with Gasteiger partial charge in [0.25, 0.3) is 0 Å². The molecule has 3 nitrogen and oxygen atoms in total. The molecule has 0 aliphatic rings. The van der Waals surface area contributed by atoms with Gasteiger partial charge in [0.1, 0.15) is 0 Å². The second-order valence-corrected chi connectivity index (χ2v) is 4.52. The first-order chi connectivity index (χ1) is 3.68. The van der Waals surface area contributed by atoms with Crippen LogP contribution >= 0.6 is 19.4 Å². The highest BCUT2D eigenvalue weighted by Gasteiger charge is 2.36. The van der Waals surface area contributed by atoms with Crippen LogP contribution in [0.4, 0.5) is 0 Å². The van der Waals surface area contributed by atoms with E-state index in [9.17, 15) is 0 Å². The van der Waals surface area contributed by atoms with E-state index in [2.05, 4.69) is 12.2 Å². The molecule has 0 spiro atoms. The van der Waals surface area contributed by atoms with Crippen molar-refractivity contribution in [3.8, 4) is 0 Å². The normalized spacial score (nSPS) is 12.0. The van der Waals surface area contributed by atoms with Crippen LogP contribution in [0.5, 0.6) is 0 Å². The summed E-state index contributed by atoms with van der Waals surface area (Å²) in [4.78, 5) is 0. The molecule has 8 heavy (non-hydrogen) atoms. The summed E-state index contributed by atoms with van der Waals surface area (Å²) in [5, 5.41) is 0. The van der Waals surface area contributed by atoms with Crippen molar-refractivity contribution in [1.29, 1.82) is 0 Å². The standard InChI is InChI=1S/C3H10O3PS/c1-4-7(8,5-2)6-3/h8H,1-3H3/q+1. The maximum Gasteiger partial charge on any atom is 0.477 e. The van der Waals surface area contributed by atoms with E-state index in [1.165, 1.54) is 21.3 Å². The molecular formula is C3H10O3PS+. The van der Waals surface area contributed by atoms with Gasteiger partial charge in [0, 0.05) is 0 Å². The maximum atomic E-state index is 4.77. The zero-order valence-corrected chi connectivity index (χ0v) is 6.91. The van der Waals surface area contributed by atoms with Gasteiger partial charge < -0.3 is 0 Å². The van der Waals surface area contributed by atoms with Crippen LogP contribution in [0.2, 0.25) is 0 Å². The molecule has 0 unspecified atom stereocenters. The van der Waals surface area contributed by atoms with E-state index in [1.807, 2.05) is 0 Å². The van der Waals surface area contributed by atoms with Crippen molar-refractivity contribution in [2.45, 2.75) is 0 Å². The maximum absolute atomic E-state index is 4.77. The third kappa shape index (κ3) is 2.29. The van der Waals surface area contributed by atoms with E-state index in [1.54, 1.807) is 0 Å². The first-order valence-electron chi connectivity index (χ1n) is 1.97. The average molecular weight is 157 g/mol. The van der Waals surface area contributed by atoms with Gasteiger partial charge >= 0.3 is 7.15 Å². The number of rotatable bonds is 3. The molecule has 0 rings (SSSR count). The lowest BCUT2D eigenvalue weighted by Gasteiger charge is -2.07. The lowest BCUT2D eigenvalue weighted by atomic mass is 11.8. The fraction of sp³-hybridized carbons (Fsp3) is 1.00. The van der Waals surface area contributed by atoms with Crippen molar-refractivity contribution in [2.24, 2.45) is 0 Å². The van der Waals surface area contributed by atoms with Crippen LogP contribution in [0.1, 0.15) is 0 Å². The van der Waals surface area contributed by atoms with Gasteiger partial charge in [-0.1, -0.05) is 0 Å². The van der Waals surface area contributed by atoms with Crippen LogP contribution in [0.15, 0.2) is 0 Å². The van der Waals surface area contributed by atoms with E-state index in [0.717, 1.165) is 0 Å². The third-order valence-corrected chi connectivity index (χ3v) is 3.55. The molecule has 0 aliphatic heterocycles. The topological polar surface area (TPSA) is 27.7 Å². The highest BCUT2D eigenvalue weighted by atomic mass is 32.7. The van der Waals surface area contributed by atoms with Crippen molar-refractivity contribution >= 4 is 19.4 Å². The summed E-state index contributed by atoms with van der Waals surface area (Å²) in [5.74, 6) is 0. The lowest BCUT2D eigenvalue weighted by molar-refractivity contribution is 0.232. The predicted molar refractivity (Wildman–Crippen MR) is 36.9 cm³/mol. The average Bonchev–Trinajstić information content (AvgIpc) is 1.87. The Morgan fingerprint density at radius 3 is 1.25 bits per heavy atom. The van der Waals surface area contributed by atoms with Crippen molar-refractivity contribution in [3.63, 3.8) is 0 Å². The summed E-state index contributed by atoms with van der Waals surface area (Å²) < 4.78 is 14.3. The van der Waals surface area contributed by atoms with E-state index in [-0.39, 0.29) is 0 Å². The largest absolute Gasteiger partial charge is 0.477 e. The Morgan fingerprint density at radius 2 is 1.25 bits per heavy atom. The monoisotopic (exact) mass is 157 g/mol. The molecule has 0 aromatic heterocycles. The van der Waals surface area contributed by atoms with E-state index < -0.39 is 7.15 Å². The molecule has 50 valence electrons. The molecule has 0 fully saturated rings. The third-order valence-electron chi connectivity index (χ3n) is 0.692. The zero-order valence-electron chi connectivity index (χ0n) is 5.12. The second-order valence-electron chi connectivity index (χ2n) is 1.02. The predicted octanol–water partition coefficient (Wildman–Crippen LogP) is 1.53. The molecule has 0 saturated carbocycles. The SMILES string of the molecule is CO[P+](S)(OC)OC. The number of hydrogen-bond acceptors (Lipinski definition) is 4. The van der Waals surface area contributed by atoms with Gasteiger partial charge in [0.2, 0.25) is 0 Å². The molecule has 0 N–H and O–H groups in total. The number of hydrogen-bond donors (Lipinski definition) is 1. The molecule has 0 aromatic rings. The van der Waals surface area contributed by atoms with Gasteiger partial charge in [-0.05, 0) is 0 Å². The molecule has 0 aromatic carbocycles. The van der Waals surface area contributed by atoms with Crippen LogP contribution in [-0.4, -0.2) is 21.3 Å². The van der Waals surface area contributed by atoms with Gasteiger partial charge in [-0.2, -0.15) is 13.6 Å². The summed E-state index contributed by atoms with van der Waals surface area (Å²) in [6.45, 7) is 0. The second kappa shape index (κ2) is 3.64. The Hall–Kier alpha value is 0.660. The van der Waals surface area contributed by atoms with Crippen molar-refractivity contribution in [2.75, 3.05) is 21.3 Å². The Kier molecular flexibility index (Phi) is 3.94. The minimum atomic E-state index is -2.22. The van der Waals surface area contributed by atoms with Crippen LogP contribution in [-0.2, 0) is 13.6 Å². The highest BCUT2D eigenvalue weighted by molar-refractivity contribution is 8.47. The molecule has 0 aliphatic carbocycles. The quantitative estimate of drug-likeness (QED) is 0.497. The molecule has 0 heterocycles. The summed E-state index contributed by atoms with van der Waals surface area (Å²) in [7, 11) is 2.26. The van der Waals surface area contributed by atoms with Crippen LogP contribution < -0.4 is 0 Å². The first-order valence-corrected chi connectivity index (χ1v) is 4.67. The van der Waals surface area contributed by atoms with E-state index in [4.69, 9.17) is 13.6 Å². The smallest absolute Gasteiger partial charge is 0.172 e. The van der Waals surface area contributed by atoms with Crippen molar-refractivity contribution in [1.82, 2.24) is 0 Å². The number of thiol groups is 1. The van der Waals surface area contributed by atoms with E-state index in [0.29, 0.717) is 0 Å². The molecule has 0 amide bonds. The molecule has 0 radical (unpaired) electrons. The first kappa shape index (κ1) is 8.66. The van der Waals surface area contributed by atoms with Crippen LogP contribution in [0.25, 0.3) is 0 Å². The van der Waals surface area contributed by atoms with Crippen molar-refractivity contribution < 1.29 is 13.6 Å². The minimum Gasteiger partial charge on any atom is -0.172 e.